The largest absolute Gasteiger partial charge is 0.443 e. The molecule has 2 aliphatic rings. The lowest BCUT2D eigenvalue weighted by molar-refractivity contribution is -0.114. The monoisotopic (exact) mass is 918 g/mol. The van der Waals surface area contributed by atoms with Crippen LogP contribution >= 0.6 is 0 Å². The molecule has 3 amide bonds. The van der Waals surface area contributed by atoms with Crippen molar-refractivity contribution < 1.29 is 32.6 Å². The predicted molar refractivity (Wildman–Crippen MR) is 299 cm³/mol. The van der Waals surface area contributed by atoms with Crippen molar-refractivity contribution in [3.63, 3.8) is 0 Å². The maximum absolute atomic E-state index is 13.9. The number of hydrogen-bond acceptors (Lipinski definition) is 6. The first-order valence-corrected chi connectivity index (χ1v) is 21.6. The summed E-state index contributed by atoms with van der Waals surface area (Å²) in [4.78, 5) is 38.2. The Bertz CT molecular complexity index is 2730. The maximum atomic E-state index is 13.9. The number of carbonyl (C=O) groups is 3. The SMILES string of the molecule is C=C=C=C=C=C=C=C=C=C=C=C=C=C=C=C.CC(=O)Nc1cc2c(cc1F)CCN2C(=O)OC(C)(C)C.CC(C)(C)OC(=O)N1CCc2cc(F)c(N)cc21.[B]B([B])B([B])B(B([B])[B])B(B([B])[B])B([B])[B]. The standard InChI is InChI=1S/C16H4.C15H19FN2O3.C13H17FN2O2.B16/c1-3-5-7-9-11-13-15-16-14-12-10-8-6-4-2;1-9(19)17-12-8-13-10(7-11(12)16)5-6-18(13)14(20)21-15(2,3)4;1-13(2,3)18-12(17)16-5-4-8-6-9(14)10(15)7-11(8)16;1-10(2)14(9)16(13(7)8)15(11(3)4)12(5)6/h1-2H2;7-8H,5-6H2,1-4H3,(H,17,19);6-7H,4-5,15H2,1-3H3;. The highest BCUT2D eigenvalue weighted by atomic mass is 19.1. The zero-order chi connectivity index (χ0) is 54.2. The van der Waals surface area contributed by atoms with Gasteiger partial charge in [-0.2, -0.15) is 0 Å². The second-order valence-corrected chi connectivity index (χ2v) is 17.3. The van der Waals surface area contributed by atoms with Crippen LogP contribution in [-0.4, -0.2) is 157 Å². The fourth-order valence-electron chi connectivity index (χ4n) is 6.33. The molecule has 0 bridgehead atoms. The van der Waals surface area contributed by atoms with Crippen LogP contribution in [0.3, 0.4) is 0 Å². The number of nitrogen functional groups attached to an aromatic ring is 1. The summed E-state index contributed by atoms with van der Waals surface area (Å²) in [6.45, 7) is 19.6. The van der Waals surface area contributed by atoms with Crippen molar-refractivity contribution in [1.29, 1.82) is 0 Å². The molecular weight excluding hydrogens is 875 g/mol. The number of anilines is 4. The molecule has 0 spiro atoms. The fraction of sp³-hybridized carbons (Fsp3) is 0.295. The zero-order valence-electron chi connectivity index (χ0n) is 41.1. The summed E-state index contributed by atoms with van der Waals surface area (Å²) < 4.78 is 37.8. The molecule has 2 heterocycles. The Kier molecular flexibility index (Phi) is 27.0. The lowest BCUT2D eigenvalue weighted by Gasteiger charge is -2.37. The third-order valence-electron chi connectivity index (χ3n) is 9.23. The lowest BCUT2D eigenvalue weighted by Crippen LogP contribution is -2.75. The van der Waals surface area contributed by atoms with Gasteiger partial charge in [0, 0.05) is 134 Å². The van der Waals surface area contributed by atoms with Crippen molar-refractivity contribution in [3.8, 4) is 0 Å². The molecule has 0 saturated carbocycles. The van der Waals surface area contributed by atoms with Gasteiger partial charge in [0.2, 0.25) is 5.91 Å². The number of benzene rings is 2. The molecule has 0 atom stereocenters. The molecule has 2 aromatic rings. The number of nitrogens with one attached hydrogen (secondary N) is 1. The number of amides is 3. The van der Waals surface area contributed by atoms with Crippen LogP contribution in [0.15, 0.2) is 118 Å². The molecule has 9 nitrogen and oxygen atoms in total. The number of nitrogens with zero attached hydrogens (tertiary/aromatic N) is 2. The Labute approximate surface area is 432 Å². The molecule has 0 fully saturated rings. The summed E-state index contributed by atoms with van der Waals surface area (Å²) in [5.74, 6) is -1.31. The van der Waals surface area contributed by atoms with E-state index in [1.54, 1.807) is 41.5 Å². The molecule has 4 rings (SSSR count). The van der Waals surface area contributed by atoms with E-state index in [0.29, 0.717) is 37.3 Å². The van der Waals surface area contributed by atoms with Crippen LogP contribution in [0, 0.1) is 11.6 Å². The Hall–Kier alpha value is -6.19. The van der Waals surface area contributed by atoms with Gasteiger partial charge in [-0.3, -0.25) is 14.6 Å². The van der Waals surface area contributed by atoms with Crippen molar-refractivity contribution in [2.75, 3.05) is 33.9 Å². The minimum absolute atomic E-state index is 0.0456. The quantitative estimate of drug-likeness (QED) is 0.251. The van der Waals surface area contributed by atoms with Crippen molar-refractivity contribution >= 4 is 155 Å². The number of carbonyl (C=O) groups excluding carboxylic acids is 3. The highest BCUT2D eigenvalue weighted by molar-refractivity contribution is 8.13. The number of fused-ring (bicyclic) bond motifs is 2. The smallest absolute Gasteiger partial charge is 0.414 e. The van der Waals surface area contributed by atoms with Crippen LogP contribution in [0.1, 0.15) is 59.6 Å². The molecule has 0 aliphatic carbocycles. The van der Waals surface area contributed by atoms with Gasteiger partial charge in [-0.15, -0.1) is 0 Å². The topological polar surface area (TPSA) is 114 Å². The fourth-order valence-corrected chi connectivity index (χ4v) is 6.33. The Morgan fingerprint density at radius 1 is 0.592 bits per heavy atom. The van der Waals surface area contributed by atoms with Crippen molar-refractivity contribution in [3.05, 3.63) is 140 Å². The normalized spacial score (nSPS) is 10.7. The molecule has 18 radical (unpaired) electrons. The van der Waals surface area contributed by atoms with Crippen LogP contribution < -0.4 is 20.9 Å². The van der Waals surface area contributed by atoms with E-state index in [9.17, 15) is 23.2 Å². The second-order valence-electron chi connectivity index (χ2n) is 17.3. The van der Waals surface area contributed by atoms with E-state index in [-0.39, 0.29) is 17.3 Å². The predicted octanol–water partition coefficient (Wildman–Crippen LogP) is 2.67. The van der Waals surface area contributed by atoms with Crippen molar-refractivity contribution in [1.82, 2.24) is 0 Å². The van der Waals surface area contributed by atoms with Crippen LogP contribution in [0.4, 0.5) is 41.1 Å². The first-order chi connectivity index (χ1) is 33.1. The Morgan fingerprint density at radius 2 is 0.944 bits per heavy atom. The Morgan fingerprint density at radius 3 is 1.27 bits per heavy atom. The van der Waals surface area contributed by atoms with E-state index in [1.807, 2.05) is 0 Å². The average molecular weight is 916 g/mol. The molecule has 0 unspecified atom stereocenters. The van der Waals surface area contributed by atoms with Crippen molar-refractivity contribution in [2.45, 2.75) is 72.5 Å². The lowest BCUT2D eigenvalue weighted by atomic mass is 8.44. The summed E-state index contributed by atoms with van der Waals surface area (Å²) in [6, 6.07) is 5.70. The third kappa shape index (κ3) is 23.1. The van der Waals surface area contributed by atoms with Crippen LogP contribution in [0.25, 0.3) is 0 Å². The first-order valence-electron chi connectivity index (χ1n) is 21.6. The highest BCUT2D eigenvalue weighted by Gasteiger charge is 2.38. The summed E-state index contributed by atoms with van der Waals surface area (Å²) in [7, 11) is 50.4. The summed E-state index contributed by atoms with van der Waals surface area (Å²) in [5.41, 5.74) is 41.6. The van der Waals surface area contributed by atoms with E-state index in [0.717, 1.165) is 11.1 Å². The molecule has 0 aromatic heterocycles. The number of halogens is 2. The Balaban J connectivity index is 0.000000477. The van der Waals surface area contributed by atoms with Gasteiger partial charge in [0.25, 0.3) is 0 Å². The minimum atomic E-state index is -0.807. The molecular formula is C44H40B16F2N4O5. The van der Waals surface area contributed by atoms with E-state index in [1.165, 1.54) is 41.0 Å². The first kappa shape index (κ1) is 62.8. The summed E-state index contributed by atoms with van der Waals surface area (Å²) in [6.07, 6.45) is -4.74. The summed E-state index contributed by atoms with van der Waals surface area (Å²) in [5, 5.41) is 2.42. The molecule has 2 aromatic carbocycles. The van der Waals surface area contributed by atoms with Gasteiger partial charge in [0.1, 0.15) is 22.8 Å². The average Bonchev–Trinajstić information content (AvgIpc) is 3.85. The molecule has 0 saturated heterocycles. The van der Waals surface area contributed by atoms with E-state index in [2.05, 4.69) is 98.7 Å². The molecule has 71 heavy (non-hydrogen) atoms. The van der Waals surface area contributed by atoms with Crippen LogP contribution in [-0.2, 0) is 27.1 Å². The minimum Gasteiger partial charge on any atom is -0.443 e. The van der Waals surface area contributed by atoms with Crippen LogP contribution in [0.5, 0.6) is 0 Å². The van der Waals surface area contributed by atoms with Gasteiger partial charge in [0.15, 0.2) is 0 Å². The van der Waals surface area contributed by atoms with E-state index >= 15 is 0 Å². The zero-order valence-corrected chi connectivity index (χ0v) is 41.1. The third-order valence-corrected chi connectivity index (χ3v) is 9.23. The van der Waals surface area contributed by atoms with Gasteiger partial charge in [-0.1, -0.05) is 11.5 Å². The highest BCUT2D eigenvalue weighted by Crippen LogP contribution is 2.34. The van der Waals surface area contributed by atoms with Gasteiger partial charge in [-0.05, 0) is 172 Å². The van der Waals surface area contributed by atoms with Gasteiger partial charge in [-0.25, -0.2) is 18.4 Å². The molecule has 3 N–H and O–H groups in total. The molecule has 27 heteroatoms. The van der Waals surface area contributed by atoms with Gasteiger partial charge in [0.05, 0.1) is 22.7 Å². The second kappa shape index (κ2) is 30.5. The maximum Gasteiger partial charge on any atom is 0.414 e. The molecule has 328 valence electrons. The van der Waals surface area contributed by atoms with Crippen LogP contribution in [0.2, 0.25) is 0 Å². The van der Waals surface area contributed by atoms with E-state index < -0.39 is 79.7 Å². The number of ether oxygens (including phenoxy) is 2. The molecule has 2 aliphatic heterocycles. The number of rotatable bonds is 7. The van der Waals surface area contributed by atoms with Crippen molar-refractivity contribution in [2.24, 2.45) is 0 Å². The number of nitrogens with two attached hydrogens (primary N) is 1. The van der Waals surface area contributed by atoms with Gasteiger partial charge >= 0.3 is 12.2 Å². The summed E-state index contributed by atoms with van der Waals surface area (Å²) >= 11 is 0. The number of hydrogen-bond donors (Lipinski definition) is 2. The van der Waals surface area contributed by atoms with Gasteiger partial charge < -0.3 is 20.5 Å². The van der Waals surface area contributed by atoms with E-state index in [4.69, 9.17) is 84.8 Å².